The Balaban J connectivity index is 1.71. The number of hydrogen-bond acceptors (Lipinski definition) is 3. The van der Waals surface area contributed by atoms with Crippen molar-refractivity contribution in [1.82, 2.24) is 14.5 Å². The SMILES string of the molecule is CN(CCCn1ccnc1)C1CCCCC1N. The van der Waals surface area contributed by atoms with Gasteiger partial charge in [0, 0.05) is 31.0 Å². The minimum absolute atomic E-state index is 0.377. The van der Waals surface area contributed by atoms with Gasteiger partial charge in [-0.15, -0.1) is 0 Å². The van der Waals surface area contributed by atoms with E-state index >= 15 is 0 Å². The van der Waals surface area contributed by atoms with Crippen LogP contribution in [0.3, 0.4) is 0 Å². The zero-order valence-electron chi connectivity index (χ0n) is 10.8. The van der Waals surface area contributed by atoms with E-state index in [-0.39, 0.29) is 0 Å². The van der Waals surface area contributed by atoms with Crippen LogP contribution in [0.4, 0.5) is 0 Å². The molecule has 1 aliphatic carbocycles. The van der Waals surface area contributed by atoms with Crippen molar-refractivity contribution in [2.24, 2.45) is 5.73 Å². The van der Waals surface area contributed by atoms with E-state index < -0.39 is 0 Å². The Morgan fingerprint density at radius 2 is 2.24 bits per heavy atom. The molecule has 4 heteroatoms. The lowest BCUT2D eigenvalue weighted by Crippen LogP contribution is -2.48. The fourth-order valence-electron chi connectivity index (χ4n) is 2.77. The molecule has 1 saturated carbocycles. The summed E-state index contributed by atoms with van der Waals surface area (Å²) in [5.41, 5.74) is 6.19. The average molecular weight is 236 g/mol. The number of nitrogens with zero attached hydrogens (tertiary/aromatic N) is 3. The predicted octanol–water partition coefficient (Wildman–Crippen LogP) is 1.47. The number of rotatable bonds is 5. The summed E-state index contributed by atoms with van der Waals surface area (Å²) in [6, 6.07) is 0.966. The number of likely N-dealkylation sites (N-methyl/N-ethyl adjacent to an activating group) is 1. The van der Waals surface area contributed by atoms with Crippen LogP contribution in [-0.2, 0) is 6.54 Å². The van der Waals surface area contributed by atoms with Gasteiger partial charge >= 0.3 is 0 Å². The Hall–Kier alpha value is -0.870. The lowest BCUT2D eigenvalue weighted by Gasteiger charge is -2.36. The van der Waals surface area contributed by atoms with E-state index in [9.17, 15) is 0 Å². The smallest absolute Gasteiger partial charge is 0.0945 e. The normalized spacial score (nSPS) is 25.4. The van der Waals surface area contributed by atoms with Crippen LogP contribution >= 0.6 is 0 Å². The molecule has 1 fully saturated rings. The van der Waals surface area contributed by atoms with Gasteiger partial charge in [-0.2, -0.15) is 0 Å². The third-order valence-corrected chi connectivity index (χ3v) is 3.83. The van der Waals surface area contributed by atoms with Crippen molar-refractivity contribution in [2.75, 3.05) is 13.6 Å². The number of imidazole rings is 1. The summed E-state index contributed by atoms with van der Waals surface area (Å²) in [4.78, 5) is 6.50. The van der Waals surface area contributed by atoms with Gasteiger partial charge in [0.25, 0.3) is 0 Å². The summed E-state index contributed by atoms with van der Waals surface area (Å²) in [6.45, 7) is 2.17. The number of aryl methyl sites for hydroxylation is 1. The van der Waals surface area contributed by atoms with Gasteiger partial charge < -0.3 is 15.2 Å². The largest absolute Gasteiger partial charge is 0.337 e. The van der Waals surface area contributed by atoms with Crippen molar-refractivity contribution < 1.29 is 0 Å². The van der Waals surface area contributed by atoms with Crippen molar-refractivity contribution in [3.8, 4) is 0 Å². The van der Waals surface area contributed by atoms with E-state index in [0.29, 0.717) is 12.1 Å². The molecule has 0 aliphatic heterocycles. The second-order valence-electron chi connectivity index (χ2n) is 5.15. The summed E-state index contributed by atoms with van der Waals surface area (Å²) in [6.07, 6.45) is 12.0. The lowest BCUT2D eigenvalue weighted by atomic mass is 9.90. The number of aromatic nitrogens is 2. The first-order valence-electron chi connectivity index (χ1n) is 6.69. The van der Waals surface area contributed by atoms with E-state index in [1.54, 1.807) is 0 Å². The van der Waals surface area contributed by atoms with Gasteiger partial charge in [-0.3, -0.25) is 0 Å². The fourth-order valence-corrected chi connectivity index (χ4v) is 2.77. The summed E-state index contributed by atoms with van der Waals surface area (Å²) >= 11 is 0. The van der Waals surface area contributed by atoms with Crippen LogP contribution in [0, 0.1) is 0 Å². The molecule has 2 unspecified atom stereocenters. The van der Waals surface area contributed by atoms with Crippen LogP contribution in [0.2, 0.25) is 0 Å². The molecule has 0 saturated heterocycles. The second-order valence-corrected chi connectivity index (χ2v) is 5.15. The van der Waals surface area contributed by atoms with Gasteiger partial charge in [-0.05, 0) is 32.9 Å². The zero-order valence-corrected chi connectivity index (χ0v) is 10.8. The summed E-state index contributed by atoms with van der Waals surface area (Å²) < 4.78 is 2.13. The molecule has 1 heterocycles. The Morgan fingerprint density at radius 1 is 1.41 bits per heavy atom. The summed E-state index contributed by atoms with van der Waals surface area (Å²) in [5.74, 6) is 0. The minimum atomic E-state index is 0.377. The lowest BCUT2D eigenvalue weighted by molar-refractivity contribution is 0.165. The molecule has 0 amide bonds. The van der Waals surface area contributed by atoms with Crippen LogP contribution in [-0.4, -0.2) is 40.1 Å². The maximum Gasteiger partial charge on any atom is 0.0945 e. The van der Waals surface area contributed by atoms with Gasteiger partial charge in [0.1, 0.15) is 0 Å². The first-order valence-corrected chi connectivity index (χ1v) is 6.69. The zero-order chi connectivity index (χ0) is 12.1. The summed E-state index contributed by atoms with van der Waals surface area (Å²) in [7, 11) is 2.21. The molecular formula is C13H24N4. The summed E-state index contributed by atoms with van der Waals surface area (Å²) in [5, 5.41) is 0. The highest BCUT2D eigenvalue weighted by molar-refractivity contribution is 4.84. The van der Waals surface area contributed by atoms with Gasteiger partial charge in [0.05, 0.1) is 6.33 Å². The molecule has 17 heavy (non-hydrogen) atoms. The first-order chi connectivity index (χ1) is 8.27. The molecule has 2 atom stereocenters. The first kappa shape index (κ1) is 12.6. The van der Waals surface area contributed by atoms with E-state index in [4.69, 9.17) is 5.73 Å². The highest BCUT2D eigenvalue weighted by Gasteiger charge is 2.24. The Morgan fingerprint density at radius 3 is 2.94 bits per heavy atom. The van der Waals surface area contributed by atoms with Gasteiger partial charge in [-0.25, -0.2) is 4.98 Å². The molecule has 0 spiro atoms. The maximum atomic E-state index is 6.19. The van der Waals surface area contributed by atoms with E-state index in [2.05, 4.69) is 21.5 Å². The Kier molecular flexibility index (Phi) is 4.57. The van der Waals surface area contributed by atoms with Crippen LogP contribution in [0.25, 0.3) is 0 Å². The Labute approximate surface area is 104 Å². The monoisotopic (exact) mass is 236 g/mol. The van der Waals surface area contributed by atoms with Crippen molar-refractivity contribution >= 4 is 0 Å². The number of nitrogens with two attached hydrogens (primary N) is 1. The predicted molar refractivity (Wildman–Crippen MR) is 69.7 cm³/mol. The molecule has 1 aliphatic rings. The molecule has 1 aromatic rings. The van der Waals surface area contributed by atoms with Crippen LogP contribution in [0.15, 0.2) is 18.7 Å². The molecule has 2 rings (SSSR count). The molecule has 1 aromatic heterocycles. The van der Waals surface area contributed by atoms with Crippen molar-refractivity contribution in [1.29, 1.82) is 0 Å². The standard InChI is InChI=1S/C13H24N4/c1-16(13-6-3-2-5-12(13)14)8-4-9-17-10-7-15-11-17/h7,10-13H,2-6,8-9,14H2,1H3. The van der Waals surface area contributed by atoms with E-state index in [0.717, 1.165) is 19.5 Å². The highest BCUT2D eigenvalue weighted by Crippen LogP contribution is 2.21. The van der Waals surface area contributed by atoms with Crippen molar-refractivity contribution in [3.63, 3.8) is 0 Å². The van der Waals surface area contributed by atoms with E-state index in [1.165, 1.54) is 25.7 Å². The fraction of sp³-hybridized carbons (Fsp3) is 0.769. The topological polar surface area (TPSA) is 47.1 Å². The highest BCUT2D eigenvalue weighted by atomic mass is 15.1. The van der Waals surface area contributed by atoms with Crippen molar-refractivity contribution in [2.45, 2.75) is 50.7 Å². The second kappa shape index (κ2) is 6.17. The quantitative estimate of drug-likeness (QED) is 0.842. The Bertz CT molecular complexity index is 309. The third kappa shape index (κ3) is 3.54. The molecule has 0 radical (unpaired) electrons. The van der Waals surface area contributed by atoms with Crippen molar-refractivity contribution in [3.05, 3.63) is 18.7 Å². The molecule has 0 aromatic carbocycles. The van der Waals surface area contributed by atoms with Crippen LogP contribution in [0.1, 0.15) is 32.1 Å². The molecule has 96 valence electrons. The molecule has 2 N–H and O–H groups in total. The molecule has 0 bridgehead atoms. The van der Waals surface area contributed by atoms with Gasteiger partial charge in [0.15, 0.2) is 0 Å². The molecular weight excluding hydrogens is 212 g/mol. The third-order valence-electron chi connectivity index (χ3n) is 3.83. The van der Waals surface area contributed by atoms with Crippen LogP contribution < -0.4 is 5.73 Å². The average Bonchev–Trinajstić information content (AvgIpc) is 2.82. The number of hydrogen-bond donors (Lipinski definition) is 1. The maximum absolute atomic E-state index is 6.19. The van der Waals surface area contributed by atoms with E-state index in [1.807, 2.05) is 18.7 Å². The minimum Gasteiger partial charge on any atom is -0.337 e. The molecule has 4 nitrogen and oxygen atoms in total. The van der Waals surface area contributed by atoms with Crippen LogP contribution in [0.5, 0.6) is 0 Å². The van der Waals surface area contributed by atoms with Gasteiger partial charge in [-0.1, -0.05) is 12.8 Å². The van der Waals surface area contributed by atoms with Gasteiger partial charge in [0.2, 0.25) is 0 Å².